The average Bonchev–Trinajstić information content (AvgIpc) is 3.18. The van der Waals surface area contributed by atoms with Crippen molar-refractivity contribution in [2.75, 3.05) is 12.3 Å². The summed E-state index contributed by atoms with van der Waals surface area (Å²) >= 11 is 6.06. The molecule has 7 heteroatoms. The zero-order chi connectivity index (χ0) is 14.9. The van der Waals surface area contributed by atoms with Crippen LogP contribution in [0.5, 0.6) is 0 Å². The Labute approximate surface area is 124 Å². The number of rotatable bonds is 5. The minimum absolute atomic E-state index is 0.0205. The van der Waals surface area contributed by atoms with Crippen LogP contribution >= 0.6 is 11.6 Å². The van der Waals surface area contributed by atoms with Crippen molar-refractivity contribution in [2.24, 2.45) is 0 Å². The standard InChI is InChI=1S/C13H16ClN3O2S/c1-9-7-11(14)13(8-12(9)16)20(18,19)17(6-2-5-15)10-3-4-10/h7-8,10H,2-4,6,16H2,1H3. The summed E-state index contributed by atoms with van der Waals surface area (Å²) in [4.78, 5) is 0.0205. The van der Waals surface area contributed by atoms with Gasteiger partial charge in [-0.1, -0.05) is 11.6 Å². The molecule has 0 spiro atoms. The average molecular weight is 314 g/mol. The highest BCUT2D eigenvalue weighted by Crippen LogP contribution is 2.35. The number of hydrogen-bond donors (Lipinski definition) is 1. The second kappa shape index (κ2) is 5.60. The van der Waals surface area contributed by atoms with Gasteiger partial charge in [-0.05, 0) is 37.5 Å². The molecule has 1 aromatic carbocycles. The van der Waals surface area contributed by atoms with Crippen molar-refractivity contribution in [1.82, 2.24) is 4.31 Å². The van der Waals surface area contributed by atoms with E-state index in [1.807, 2.05) is 6.07 Å². The van der Waals surface area contributed by atoms with Crippen LogP contribution in [-0.4, -0.2) is 25.3 Å². The van der Waals surface area contributed by atoms with Crippen LogP contribution in [0.25, 0.3) is 0 Å². The van der Waals surface area contributed by atoms with Crippen LogP contribution < -0.4 is 5.73 Å². The maximum absolute atomic E-state index is 12.7. The van der Waals surface area contributed by atoms with Gasteiger partial charge in [0.05, 0.1) is 11.1 Å². The first kappa shape index (κ1) is 15.1. The van der Waals surface area contributed by atoms with E-state index in [1.54, 1.807) is 13.0 Å². The molecule has 2 rings (SSSR count). The predicted molar refractivity (Wildman–Crippen MR) is 77.7 cm³/mol. The Kier molecular flexibility index (Phi) is 4.23. The van der Waals surface area contributed by atoms with Crippen LogP contribution in [0.2, 0.25) is 5.02 Å². The molecule has 0 aromatic heterocycles. The number of anilines is 1. The van der Waals surface area contributed by atoms with E-state index >= 15 is 0 Å². The fourth-order valence-corrected chi connectivity index (χ4v) is 4.29. The van der Waals surface area contributed by atoms with E-state index in [1.165, 1.54) is 10.4 Å². The Morgan fingerprint density at radius 2 is 2.15 bits per heavy atom. The number of sulfonamides is 1. The number of nitrogens with two attached hydrogens (primary N) is 1. The molecule has 0 radical (unpaired) electrons. The quantitative estimate of drug-likeness (QED) is 0.845. The molecular weight excluding hydrogens is 298 g/mol. The van der Waals surface area contributed by atoms with Crippen LogP contribution in [0.1, 0.15) is 24.8 Å². The molecule has 1 fully saturated rings. The molecule has 0 unspecified atom stereocenters. The van der Waals surface area contributed by atoms with Gasteiger partial charge in [-0.25, -0.2) is 8.42 Å². The zero-order valence-electron chi connectivity index (χ0n) is 11.1. The molecule has 5 nitrogen and oxygen atoms in total. The summed E-state index contributed by atoms with van der Waals surface area (Å²) in [6, 6.07) is 4.91. The number of nitriles is 1. The third-order valence-electron chi connectivity index (χ3n) is 3.31. The van der Waals surface area contributed by atoms with E-state index in [0.717, 1.165) is 18.4 Å². The SMILES string of the molecule is Cc1cc(Cl)c(S(=O)(=O)N(CCC#N)C2CC2)cc1N. The summed E-state index contributed by atoms with van der Waals surface area (Å²) in [6.07, 6.45) is 1.81. The number of nitrogens with zero attached hydrogens (tertiary/aromatic N) is 2. The Balaban J connectivity index is 2.43. The highest BCUT2D eigenvalue weighted by atomic mass is 35.5. The molecule has 0 saturated heterocycles. The lowest BCUT2D eigenvalue weighted by atomic mass is 10.2. The van der Waals surface area contributed by atoms with Crippen molar-refractivity contribution in [2.45, 2.75) is 37.1 Å². The first-order chi connectivity index (χ1) is 9.37. The molecule has 0 bridgehead atoms. The van der Waals surface area contributed by atoms with Gasteiger partial charge in [-0.3, -0.25) is 0 Å². The van der Waals surface area contributed by atoms with Gasteiger partial charge in [0.25, 0.3) is 0 Å². The summed E-state index contributed by atoms with van der Waals surface area (Å²) in [5, 5.41) is 8.84. The Hall–Kier alpha value is -1.29. The summed E-state index contributed by atoms with van der Waals surface area (Å²) in [5.41, 5.74) is 6.92. The number of hydrogen-bond acceptors (Lipinski definition) is 4. The number of nitrogen functional groups attached to an aromatic ring is 1. The molecule has 108 valence electrons. The van der Waals surface area contributed by atoms with Crippen LogP contribution in [-0.2, 0) is 10.0 Å². The minimum atomic E-state index is -3.71. The predicted octanol–water partition coefficient (Wildman–Crippen LogP) is 2.30. The van der Waals surface area contributed by atoms with Crippen LogP contribution in [0.3, 0.4) is 0 Å². The fraction of sp³-hybridized carbons (Fsp3) is 0.462. The lowest BCUT2D eigenvalue weighted by molar-refractivity contribution is 0.411. The highest BCUT2D eigenvalue weighted by molar-refractivity contribution is 7.89. The van der Waals surface area contributed by atoms with Crippen molar-refractivity contribution in [3.63, 3.8) is 0 Å². The van der Waals surface area contributed by atoms with Crippen LogP contribution in [0.15, 0.2) is 17.0 Å². The van der Waals surface area contributed by atoms with E-state index in [9.17, 15) is 8.42 Å². The second-order valence-electron chi connectivity index (χ2n) is 4.89. The van der Waals surface area contributed by atoms with Crippen molar-refractivity contribution in [3.05, 3.63) is 22.7 Å². The highest BCUT2D eigenvalue weighted by Gasteiger charge is 2.38. The van der Waals surface area contributed by atoms with E-state index in [-0.39, 0.29) is 28.9 Å². The van der Waals surface area contributed by atoms with Crippen LogP contribution in [0.4, 0.5) is 5.69 Å². The van der Waals surface area contributed by atoms with E-state index < -0.39 is 10.0 Å². The molecule has 0 amide bonds. The molecule has 20 heavy (non-hydrogen) atoms. The minimum Gasteiger partial charge on any atom is -0.398 e. The molecule has 1 aliphatic rings. The number of halogens is 1. The molecule has 0 heterocycles. The van der Waals surface area contributed by atoms with Gasteiger partial charge in [0.15, 0.2) is 0 Å². The maximum atomic E-state index is 12.7. The molecule has 1 saturated carbocycles. The maximum Gasteiger partial charge on any atom is 0.244 e. The monoisotopic (exact) mass is 313 g/mol. The van der Waals surface area contributed by atoms with Gasteiger partial charge in [-0.2, -0.15) is 9.57 Å². The number of aryl methyl sites for hydroxylation is 1. The van der Waals surface area contributed by atoms with E-state index in [4.69, 9.17) is 22.6 Å². The van der Waals surface area contributed by atoms with Gasteiger partial charge in [0.1, 0.15) is 4.90 Å². The van der Waals surface area contributed by atoms with Crippen molar-refractivity contribution in [1.29, 1.82) is 5.26 Å². The number of benzene rings is 1. The summed E-state index contributed by atoms with van der Waals surface area (Å²) < 4.78 is 26.7. The van der Waals surface area contributed by atoms with Crippen molar-refractivity contribution < 1.29 is 8.42 Å². The molecule has 1 aliphatic carbocycles. The van der Waals surface area contributed by atoms with E-state index in [0.29, 0.717) is 5.69 Å². The van der Waals surface area contributed by atoms with Gasteiger partial charge in [-0.15, -0.1) is 0 Å². The van der Waals surface area contributed by atoms with E-state index in [2.05, 4.69) is 0 Å². The Morgan fingerprint density at radius 3 is 2.70 bits per heavy atom. The van der Waals surface area contributed by atoms with Crippen molar-refractivity contribution in [3.8, 4) is 6.07 Å². The van der Waals surface area contributed by atoms with Gasteiger partial charge >= 0.3 is 0 Å². The Morgan fingerprint density at radius 1 is 1.50 bits per heavy atom. The topological polar surface area (TPSA) is 87.2 Å². The lowest BCUT2D eigenvalue weighted by Gasteiger charge is -2.21. The normalized spacial score (nSPS) is 15.3. The smallest absolute Gasteiger partial charge is 0.244 e. The third kappa shape index (κ3) is 2.90. The molecule has 2 N–H and O–H groups in total. The first-order valence-corrected chi connectivity index (χ1v) is 8.14. The summed E-state index contributed by atoms with van der Waals surface area (Å²) in [5.74, 6) is 0. The van der Waals surface area contributed by atoms with Gasteiger partial charge < -0.3 is 5.73 Å². The molecular formula is C13H16ClN3O2S. The third-order valence-corrected chi connectivity index (χ3v) is 5.72. The fourth-order valence-electron chi connectivity index (χ4n) is 2.01. The second-order valence-corrected chi connectivity index (χ2v) is 7.16. The van der Waals surface area contributed by atoms with Gasteiger partial charge in [0, 0.05) is 24.7 Å². The summed E-state index contributed by atoms with van der Waals surface area (Å²) in [7, 11) is -3.71. The molecule has 1 aromatic rings. The van der Waals surface area contributed by atoms with Crippen molar-refractivity contribution >= 4 is 27.3 Å². The Bertz CT molecular complexity index is 663. The molecule has 0 aliphatic heterocycles. The molecule has 0 atom stereocenters. The first-order valence-electron chi connectivity index (χ1n) is 6.32. The summed E-state index contributed by atoms with van der Waals surface area (Å²) in [6.45, 7) is 1.96. The lowest BCUT2D eigenvalue weighted by Crippen LogP contribution is -2.34. The van der Waals surface area contributed by atoms with Gasteiger partial charge in [0.2, 0.25) is 10.0 Å². The van der Waals surface area contributed by atoms with Crippen LogP contribution in [0, 0.1) is 18.3 Å². The zero-order valence-corrected chi connectivity index (χ0v) is 12.7. The largest absolute Gasteiger partial charge is 0.398 e.